The van der Waals surface area contributed by atoms with Crippen LogP contribution in [0.1, 0.15) is 44.1 Å². The highest BCUT2D eigenvalue weighted by Gasteiger charge is 2.34. The predicted molar refractivity (Wildman–Crippen MR) is 119 cm³/mol. The predicted octanol–water partition coefficient (Wildman–Crippen LogP) is 4.72. The van der Waals surface area contributed by atoms with Crippen molar-refractivity contribution >= 4 is 5.91 Å². The maximum absolute atomic E-state index is 12.4. The molecular formula is C25H29N3O3. The van der Waals surface area contributed by atoms with Gasteiger partial charge in [-0.2, -0.15) is 4.98 Å². The summed E-state index contributed by atoms with van der Waals surface area (Å²) in [6.45, 7) is 6.31. The molecule has 0 bridgehead atoms. The Labute approximate surface area is 183 Å². The highest BCUT2D eigenvalue weighted by Crippen LogP contribution is 2.29. The molecule has 1 saturated heterocycles. The first-order valence-electron chi connectivity index (χ1n) is 11.0. The van der Waals surface area contributed by atoms with E-state index in [0.717, 1.165) is 30.7 Å². The van der Waals surface area contributed by atoms with Crippen molar-refractivity contribution in [3.05, 3.63) is 66.1 Å². The molecule has 1 aliphatic heterocycles. The second kappa shape index (κ2) is 9.77. The van der Waals surface area contributed by atoms with E-state index < -0.39 is 0 Å². The normalized spacial score (nSPS) is 16.3. The van der Waals surface area contributed by atoms with Crippen LogP contribution in [0.4, 0.5) is 0 Å². The van der Waals surface area contributed by atoms with Crippen LogP contribution in [0.25, 0.3) is 11.4 Å². The molecule has 2 aromatic carbocycles. The van der Waals surface area contributed by atoms with E-state index in [1.807, 2.05) is 47.4 Å². The fourth-order valence-electron chi connectivity index (χ4n) is 3.75. The number of carbonyl (C=O) groups is 1. The highest BCUT2D eigenvalue weighted by molar-refractivity contribution is 5.79. The van der Waals surface area contributed by atoms with Crippen molar-refractivity contribution in [1.29, 1.82) is 0 Å². The van der Waals surface area contributed by atoms with E-state index >= 15 is 0 Å². The van der Waals surface area contributed by atoms with Crippen molar-refractivity contribution in [2.24, 2.45) is 5.92 Å². The maximum Gasteiger partial charge on any atom is 0.232 e. The minimum atomic E-state index is -0.0425. The standard InChI is InChI=1S/C25H29N3O3/c1-18(2)17-30-22-12-10-20(11-13-22)24-26-25(31-27-24)21-15-23(29)28(16-21)14-6-9-19-7-4-3-5-8-19/h3-5,7-8,10-13,18,21H,6,9,14-17H2,1-2H3. The molecule has 6 heteroatoms. The first-order chi connectivity index (χ1) is 15.1. The molecule has 1 fully saturated rings. The third-order valence-electron chi connectivity index (χ3n) is 5.44. The largest absolute Gasteiger partial charge is 0.493 e. The summed E-state index contributed by atoms with van der Waals surface area (Å²) < 4.78 is 11.2. The van der Waals surface area contributed by atoms with E-state index in [0.29, 0.717) is 37.2 Å². The molecule has 162 valence electrons. The van der Waals surface area contributed by atoms with Crippen LogP contribution < -0.4 is 4.74 Å². The first kappa shape index (κ1) is 21.1. The Balaban J connectivity index is 1.32. The van der Waals surface area contributed by atoms with Gasteiger partial charge < -0.3 is 14.2 Å². The SMILES string of the molecule is CC(C)COc1ccc(-c2noc(C3CC(=O)N(CCCc4ccccc4)C3)n2)cc1. The number of hydrogen-bond acceptors (Lipinski definition) is 5. The number of benzene rings is 2. The van der Waals surface area contributed by atoms with Crippen LogP contribution in [0.15, 0.2) is 59.1 Å². The van der Waals surface area contributed by atoms with Crippen molar-refractivity contribution in [1.82, 2.24) is 15.0 Å². The van der Waals surface area contributed by atoms with Gasteiger partial charge in [0.15, 0.2) is 0 Å². The number of rotatable bonds is 9. The van der Waals surface area contributed by atoms with E-state index in [4.69, 9.17) is 9.26 Å². The number of hydrogen-bond donors (Lipinski definition) is 0. The smallest absolute Gasteiger partial charge is 0.232 e. The Bertz CT molecular complexity index is 983. The van der Waals surface area contributed by atoms with Gasteiger partial charge in [-0.1, -0.05) is 49.3 Å². The van der Waals surface area contributed by atoms with Crippen LogP contribution >= 0.6 is 0 Å². The molecule has 2 heterocycles. The summed E-state index contributed by atoms with van der Waals surface area (Å²) in [5, 5.41) is 4.13. The third-order valence-corrected chi connectivity index (χ3v) is 5.44. The topological polar surface area (TPSA) is 68.5 Å². The van der Waals surface area contributed by atoms with Crippen molar-refractivity contribution in [2.45, 2.75) is 39.0 Å². The minimum absolute atomic E-state index is 0.0425. The van der Waals surface area contributed by atoms with Gasteiger partial charge in [0.1, 0.15) is 5.75 Å². The Hall–Kier alpha value is -3.15. The number of ether oxygens (including phenoxy) is 1. The van der Waals surface area contributed by atoms with Gasteiger partial charge in [0.2, 0.25) is 17.6 Å². The molecule has 1 atom stereocenters. The van der Waals surface area contributed by atoms with E-state index in [1.165, 1.54) is 5.56 Å². The number of carbonyl (C=O) groups excluding carboxylic acids is 1. The lowest BCUT2D eigenvalue weighted by Gasteiger charge is -2.15. The summed E-state index contributed by atoms with van der Waals surface area (Å²) in [5.41, 5.74) is 2.17. The molecule has 6 nitrogen and oxygen atoms in total. The third kappa shape index (κ3) is 5.51. The second-order valence-electron chi connectivity index (χ2n) is 8.52. The summed E-state index contributed by atoms with van der Waals surface area (Å²) in [7, 11) is 0. The second-order valence-corrected chi connectivity index (χ2v) is 8.52. The quantitative estimate of drug-likeness (QED) is 0.502. The van der Waals surface area contributed by atoms with E-state index in [9.17, 15) is 4.79 Å². The van der Waals surface area contributed by atoms with Crippen LogP contribution in [0.2, 0.25) is 0 Å². The zero-order valence-electron chi connectivity index (χ0n) is 18.2. The Morgan fingerprint density at radius 1 is 1.13 bits per heavy atom. The van der Waals surface area contributed by atoms with E-state index in [2.05, 4.69) is 36.1 Å². The van der Waals surface area contributed by atoms with Gasteiger partial charge in [-0.3, -0.25) is 4.79 Å². The molecule has 0 aliphatic carbocycles. The highest BCUT2D eigenvalue weighted by atomic mass is 16.5. The summed E-state index contributed by atoms with van der Waals surface area (Å²) in [5.74, 6) is 2.50. The van der Waals surface area contributed by atoms with Gasteiger partial charge in [0, 0.05) is 25.1 Å². The molecular weight excluding hydrogens is 390 g/mol. The molecule has 1 unspecified atom stereocenters. The van der Waals surface area contributed by atoms with Crippen molar-refractivity contribution in [3.8, 4) is 17.1 Å². The Morgan fingerprint density at radius 2 is 1.90 bits per heavy atom. The van der Waals surface area contributed by atoms with Crippen LogP contribution in [0, 0.1) is 5.92 Å². The van der Waals surface area contributed by atoms with Crippen LogP contribution in [0.5, 0.6) is 5.75 Å². The van der Waals surface area contributed by atoms with Gasteiger partial charge in [0.05, 0.1) is 12.5 Å². The average Bonchev–Trinajstić information content (AvgIpc) is 3.41. The number of nitrogens with zero attached hydrogens (tertiary/aromatic N) is 3. The molecule has 0 N–H and O–H groups in total. The molecule has 0 spiro atoms. The zero-order valence-corrected chi connectivity index (χ0v) is 18.2. The molecule has 0 radical (unpaired) electrons. The number of amides is 1. The zero-order chi connectivity index (χ0) is 21.6. The first-order valence-corrected chi connectivity index (χ1v) is 11.0. The van der Waals surface area contributed by atoms with Crippen molar-refractivity contribution in [3.63, 3.8) is 0 Å². The lowest BCUT2D eigenvalue weighted by Crippen LogP contribution is -2.26. The average molecular weight is 420 g/mol. The van der Waals surface area contributed by atoms with Crippen molar-refractivity contribution in [2.75, 3.05) is 19.7 Å². The summed E-state index contributed by atoms with van der Waals surface area (Å²) in [6, 6.07) is 18.1. The van der Waals surface area contributed by atoms with Crippen LogP contribution in [-0.4, -0.2) is 40.6 Å². The fourth-order valence-corrected chi connectivity index (χ4v) is 3.75. The molecule has 3 aromatic rings. The lowest BCUT2D eigenvalue weighted by atomic mass is 10.1. The molecule has 1 aliphatic rings. The Morgan fingerprint density at radius 3 is 2.65 bits per heavy atom. The fraction of sp³-hybridized carbons (Fsp3) is 0.400. The summed E-state index contributed by atoms with van der Waals surface area (Å²) in [6.07, 6.45) is 2.34. The van der Waals surface area contributed by atoms with E-state index in [-0.39, 0.29) is 11.8 Å². The minimum Gasteiger partial charge on any atom is -0.493 e. The number of aryl methyl sites for hydroxylation is 1. The molecule has 0 saturated carbocycles. The van der Waals surface area contributed by atoms with Gasteiger partial charge in [-0.05, 0) is 48.6 Å². The Kier molecular flexibility index (Phi) is 6.65. The van der Waals surface area contributed by atoms with E-state index in [1.54, 1.807) is 0 Å². The molecule has 31 heavy (non-hydrogen) atoms. The van der Waals surface area contributed by atoms with Gasteiger partial charge in [0.25, 0.3) is 0 Å². The molecule has 1 amide bonds. The molecule has 4 rings (SSSR count). The van der Waals surface area contributed by atoms with Crippen LogP contribution in [-0.2, 0) is 11.2 Å². The monoisotopic (exact) mass is 419 g/mol. The van der Waals surface area contributed by atoms with Crippen molar-refractivity contribution < 1.29 is 14.1 Å². The van der Waals surface area contributed by atoms with Gasteiger partial charge >= 0.3 is 0 Å². The lowest BCUT2D eigenvalue weighted by molar-refractivity contribution is -0.127. The van der Waals surface area contributed by atoms with Crippen LogP contribution in [0.3, 0.4) is 0 Å². The number of aromatic nitrogens is 2. The molecule has 1 aromatic heterocycles. The summed E-state index contributed by atoms with van der Waals surface area (Å²) >= 11 is 0. The maximum atomic E-state index is 12.4. The van der Waals surface area contributed by atoms with Gasteiger partial charge in [-0.25, -0.2) is 0 Å². The summed E-state index contributed by atoms with van der Waals surface area (Å²) in [4.78, 5) is 18.9. The number of likely N-dealkylation sites (tertiary alicyclic amines) is 1. The van der Waals surface area contributed by atoms with Gasteiger partial charge in [-0.15, -0.1) is 0 Å².